The van der Waals surface area contributed by atoms with Gasteiger partial charge in [-0.25, -0.2) is 4.79 Å². The number of ether oxygens (including phenoxy) is 1. The van der Waals surface area contributed by atoms with Gasteiger partial charge in [0.15, 0.2) is 0 Å². The van der Waals surface area contributed by atoms with Crippen LogP contribution in [0.25, 0.3) is 0 Å². The monoisotopic (exact) mass is 313 g/mol. The molecule has 1 saturated carbocycles. The van der Waals surface area contributed by atoms with E-state index in [0.717, 1.165) is 25.7 Å². The summed E-state index contributed by atoms with van der Waals surface area (Å²) in [5, 5.41) is 21.2. The molecule has 1 aliphatic heterocycles. The van der Waals surface area contributed by atoms with Crippen LogP contribution < -0.4 is 0 Å². The molecule has 2 rings (SSSR count). The third kappa shape index (κ3) is 3.40. The minimum Gasteiger partial charge on any atom is -0.444 e. The van der Waals surface area contributed by atoms with Gasteiger partial charge in [0.2, 0.25) is 0 Å². The molecule has 22 heavy (non-hydrogen) atoms. The Bertz CT molecular complexity index is 419. The first kappa shape index (κ1) is 17.5. The quantitative estimate of drug-likeness (QED) is 0.822. The predicted octanol–water partition coefficient (Wildman–Crippen LogP) is 2.55. The van der Waals surface area contributed by atoms with Crippen LogP contribution in [0.3, 0.4) is 0 Å². The van der Waals surface area contributed by atoms with Gasteiger partial charge in [0.05, 0.1) is 18.8 Å². The third-order valence-electron chi connectivity index (χ3n) is 5.28. The van der Waals surface area contributed by atoms with Crippen LogP contribution in [-0.4, -0.2) is 52.1 Å². The Morgan fingerprint density at radius 3 is 2.59 bits per heavy atom. The minimum absolute atomic E-state index is 0.0179. The van der Waals surface area contributed by atoms with Gasteiger partial charge in [0, 0.05) is 12.0 Å². The van der Waals surface area contributed by atoms with E-state index in [1.165, 1.54) is 0 Å². The molecule has 0 bridgehead atoms. The zero-order chi connectivity index (χ0) is 16.6. The van der Waals surface area contributed by atoms with E-state index in [2.05, 4.69) is 6.92 Å². The van der Waals surface area contributed by atoms with Crippen LogP contribution in [0.5, 0.6) is 0 Å². The van der Waals surface area contributed by atoms with Crippen LogP contribution >= 0.6 is 0 Å². The normalized spacial score (nSPS) is 36.5. The molecule has 0 aromatic carbocycles. The molecule has 0 aromatic heterocycles. The van der Waals surface area contributed by atoms with Gasteiger partial charge in [-0.1, -0.05) is 19.8 Å². The van der Waals surface area contributed by atoms with Gasteiger partial charge < -0.3 is 19.8 Å². The summed E-state index contributed by atoms with van der Waals surface area (Å²) in [6.07, 6.45) is 3.96. The number of hydrogen-bond acceptors (Lipinski definition) is 4. The fourth-order valence-corrected chi connectivity index (χ4v) is 4.08. The molecular formula is C17H31NO4. The van der Waals surface area contributed by atoms with E-state index in [1.54, 1.807) is 4.90 Å². The summed E-state index contributed by atoms with van der Waals surface area (Å²) in [5.74, 6) is 0.500. The summed E-state index contributed by atoms with van der Waals surface area (Å²) in [6.45, 7) is 8.42. The van der Waals surface area contributed by atoms with Crippen molar-refractivity contribution in [1.29, 1.82) is 0 Å². The fraction of sp³-hybridized carbons (Fsp3) is 0.941. The molecule has 0 radical (unpaired) electrons. The largest absolute Gasteiger partial charge is 0.444 e. The molecule has 2 fully saturated rings. The maximum absolute atomic E-state index is 12.2. The summed E-state index contributed by atoms with van der Waals surface area (Å²) >= 11 is 0. The average molecular weight is 313 g/mol. The number of aliphatic hydroxyl groups excluding tert-OH is 1. The number of carbonyl (C=O) groups is 1. The highest BCUT2D eigenvalue weighted by molar-refractivity contribution is 5.68. The second-order valence-electron chi connectivity index (χ2n) is 8.32. The van der Waals surface area contributed by atoms with Crippen LogP contribution in [0, 0.1) is 11.3 Å². The van der Waals surface area contributed by atoms with Crippen molar-refractivity contribution in [2.45, 2.75) is 71.0 Å². The highest BCUT2D eigenvalue weighted by Crippen LogP contribution is 2.50. The summed E-state index contributed by atoms with van der Waals surface area (Å²) in [6, 6.07) is 0. The highest BCUT2D eigenvalue weighted by atomic mass is 16.6. The lowest BCUT2D eigenvalue weighted by atomic mass is 9.61. The van der Waals surface area contributed by atoms with E-state index >= 15 is 0 Å². The molecule has 1 amide bonds. The topological polar surface area (TPSA) is 70.0 Å². The summed E-state index contributed by atoms with van der Waals surface area (Å²) in [4.78, 5) is 13.8. The smallest absolute Gasteiger partial charge is 0.410 e. The number of rotatable bonds is 2. The molecule has 5 nitrogen and oxygen atoms in total. The lowest BCUT2D eigenvalue weighted by molar-refractivity contribution is -0.127. The number of amides is 1. The summed E-state index contributed by atoms with van der Waals surface area (Å²) < 4.78 is 5.40. The molecule has 0 spiro atoms. The van der Waals surface area contributed by atoms with Gasteiger partial charge >= 0.3 is 6.09 Å². The first-order valence-corrected chi connectivity index (χ1v) is 8.42. The van der Waals surface area contributed by atoms with Crippen molar-refractivity contribution >= 4 is 6.09 Å². The Balaban J connectivity index is 2.10. The first-order valence-electron chi connectivity index (χ1n) is 8.42. The standard InChI is InChI=1S/C17H31NO4/c1-13-6-5-7-16(10-13,12-19)17(21)8-9-18(11-17)14(20)22-15(2,3)4/h13,19,21H,5-12H2,1-4H3. The van der Waals surface area contributed by atoms with Crippen LogP contribution in [0.4, 0.5) is 4.79 Å². The Morgan fingerprint density at radius 2 is 2.05 bits per heavy atom. The molecule has 5 heteroatoms. The number of aliphatic hydroxyl groups is 2. The van der Waals surface area contributed by atoms with Crippen LogP contribution in [0.1, 0.15) is 59.8 Å². The first-order chi connectivity index (χ1) is 10.1. The van der Waals surface area contributed by atoms with Gasteiger partial charge in [-0.15, -0.1) is 0 Å². The molecule has 3 unspecified atom stereocenters. The Kier molecular flexibility index (Phi) is 4.79. The predicted molar refractivity (Wildman–Crippen MR) is 84.5 cm³/mol. The average Bonchev–Trinajstić information content (AvgIpc) is 2.81. The number of carbonyl (C=O) groups excluding carboxylic acids is 1. The Morgan fingerprint density at radius 1 is 1.36 bits per heavy atom. The summed E-state index contributed by atoms with van der Waals surface area (Å²) in [7, 11) is 0. The van der Waals surface area contributed by atoms with Crippen molar-refractivity contribution in [1.82, 2.24) is 4.90 Å². The van der Waals surface area contributed by atoms with Crippen LogP contribution in [-0.2, 0) is 4.74 Å². The van der Waals surface area contributed by atoms with Gasteiger partial charge in [0.1, 0.15) is 5.60 Å². The molecule has 2 aliphatic rings. The summed E-state index contributed by atoms with van der Waals surface area (Å²) in [5.41, 5.74) is -2.03. The van der Waals surface area contributed by atoms with Gasteiger partial charge in [-0.3, -0.25) is 0 Å². The highest BCUT2D eigenvalue weighted by Gasteiger charge is 2.55. The van der Waals surface area contributed by atoms with E-state index in [-0.39, 0.29) is 19.2 Å². The Hall–Kier alpha value is -0.810. The second kappa shape index (κ2) is 6.00. The van der Waals surface area contributed by atoms with E-state index in [1.807, 2.05) is 20.8 Å². The molecule has 1 saturated heterocycles. The molecule has 128 valence electrons. The minimum atomic E-state index is -1.01. The van der Waals surface area contributed by atoms with Gasteiger partial charge in [0.25, 0.3) is 0 Å². The zero-order valence-corrected chi connectivity index (χ0v) is 14.4. The second-order valence-corrected chi connectivity index (χ2v) is 8.32. The van der Waals surface area contributed by atoms with Crippen molar-refractivity contribution in [3.8, 4) is 0 Å². The molecule has 1 heterocycles. The lowest BCUT2D eigenvalue weighted by Gasteiger charge is -2.48. The lowest BCUT2D eigenvalue weighted by Crippen LogP contribution is -2.55. The molecule has 0 aromatic rings. The number of nitrogens with zero attached hydrogens (tertiary/aromatic N) is 1. The molecule has 3 atom stereocenters. The Labute approximate surface area is 133 Å². The van der Waals surface area contributed by atoms with Crippen molar-refractivity contribution in [3.05, 3.63) is 0 Å². The molecular weight excluding hydrogens is 282 g/mol. The van der Waals surface area contributed by atoms with E-state index < -0.39 is 16.6 Å². The maximum Gasteiger partial charge on any atom is 0.410 e. The number of hydrogen-bond donors (Lipinski definition) is 2. The van der Waals surface area contributed by atoms with Crippen LogP contribution in [0.15, 0.2) is 0 Å². The van der Waals surface area contributed by atoms with E-state index in [0.29, 0.717) is 18.9 Å². The maximum atomic E-state index is 12.2. The van der Waals surface area contributed by atoms with Gasteiger partial charge in [-0.05, 0) is 46.0 Å². The fourth-order valence-electron chi connectivity index (χ4n) is 4.08. The zero-order valence-electron chi connectivity index (χ0n) is 14.4. The number of β-amino-alcohol motifs (C(OH)–C–C–N with tert-alkyl or cyclic N) is 1. The SMILES string of the molecule is CC1CCCC(CO)(C2(O)CCN(C(=O)OC(C)(C)C)C2)C1. The third-order valence-corrected chi connectivity index (χ3v) is 5.28. The molecule has 1 aliphatic carbocycles. The van der Waals surface area contributed by atoms with Crippen LogP contribution in [0.2, 0.25) is 0 Å². The van der Waals surface area contributed by atoms with Crippen molar-refractivity contribution in [2.75, 3.05) is 19.7 Å². The van der Waals surface area contributed by atoms with Crippen molar-refractivity contribution in [2.24, 2.45) is 11.3 Å². The van der Waals surface area contributed by atoms with Gasteiger partial charge in [-0.2, -0.15) is 0 Å². The van der Waals surface area contributed by atoms with E-state index in [4.69, 9.17) is 4.74 Å². The van der Waals surface area contributed by atoms with Crippen molar-refractivity contribution in [3.63, 3.8) is 0 Å². The van der Waals surface area contributed by atoms with E-state index in [9.17, 15) is 15.0 Å². The number of likely N-dealkylation sites (tertiary alicyclic amines) is 1. The van der Waals surface area contributed by atoms with Crippen molar-refractivity contribution < 1.29 is 19.7 Å². The molecule has 2 N–H and O–H groups in total.